The summed E-state index contributed by atoms with van der Waals surface area (Å²) in [5.41, 5.74) is 0.449. The van der Waals surface area contributed by atoms with E-state index in [9.17, 15) is 5.11 Å². The van der Waals surface area contributed by atoms with Gasteiger partial charge >= 0.3 is 0 Å². The molecule has 0 spiro atoms. The first-order valence-electron chi connectivity index (χ1n) is 5.97. The standard InChI is InChI=1S/C12H15ClN2O3/c13-10-7-17-9-3-1-2-8(12(9)18-10)15-5-4-14-11(16)6-15/h1-3,10-11,14,16H,4-7H2. The van der Waals surface area contributed by atoms with E-state index >= 15 is 0 Å². The van der Waals surface area contributed by atoms with E-state index in [1.165, 1.54) is 0 Å². The summed E-state index contributed by atoms with van der Waals surface area (Å²) >= 11 is 5.96. The molecule has 2 aliphatic heterocycles. The van der Waals surface area contributed by atoms with Crippen molar-refractivity contribution in [2.45, 2.75) is 11.8 Å². The second-order valence-electron chi connectivity index (χ2n) is 4.36. The predicted molar refractivity (Wildman–Crippen MR) is 68.4 cm³/mol. The van der Waals surface area contributed by atoms with Crippen LogP contribution in [-0.4, -0.2) is 43.1 Å². The third kappa shape index (κ3) is 2.21. The number of fused-ring (bicyclic) bond motifs is 1. The van der Waals surface area contributed by atoms with Crippen LogP contribution in [0.15, 0.2) is 18.2 Å². The fraction of sp³-hybridized carbons (Fsp3) is 0.500. The third-order valence-electron chi connectivity index (χ3n) is 3.07. The monoisotopic (exact) mass is 270 g/mol. The molecule has 5 nitrogen and oxygen atoms in total. The van der Waals surface area contributed by atoms with Gasteiger partial charge in [0.2, 0.25) is 5.56 Å². The van der Waals surface area contributed by atoms with E-state index in [4.69, 9.17) is 21.1 Å². The summed E-state index contributed by atoms with van der Waals surface area (Å²) in [5.74, 6) is 1.37. The quantitative estimate of drug-likeness (QED) is 0.738. The van der Waals surface area contributed by atoms with Crippen molar-refractivity contribution >= 4 is 17.3 Å². The number of benzene rings is 1. The van der Waals surface area contributed by atoms with Crippen molar-refractivity contribution in [2.24, 2.45) is 0 Å². The van der Waals surface area contributed by atoms with Crippen LogP contribution in [0, 0.1) is 0 Å². The number of β-amino-alcohol motifs (C(OH)–C–C–N with tert-alkyl or cyclic N) is 1. The highest BCUT2D eigenvalue weighted by Crippen LogP contribution is 2.41. The number of ether oxygens (including phenoxy) is 2. The van der Waals surface area contributed by atoms with Crippen molar-refractivity contribution < 1.29 is 14.6 Å². The van der Waals surface area contributed by atoms with E-state index in [2.05, 4.69) is 10.2 Å². The second-order valence-corrected chi connectivity index (χ2v) is 4.85. The summed E-state index contributed by atoms with van der Waals surface area (Å²) in [7, 11) is 0. The van der Waals surface area contributed by atoms with Gasteiger partial charge in [-0.1, -0.05) is 17.7 Å². The van der Waals surface area contributed by atoms with Crippen LogP contribution in [0.1, 0.15) is 0 Å². The van der Waals surface area contributed by atoms with Crippen LogP contribution >= 0.6 is 11.6 Å². The van der Waals surface area contributed by atoms with Crippen LogP contribution < -0.4 is 19.7 Å². The molecule has 0 bridgehead atoms. The Labute approximate surface area is 110 Å². The number of aliphatic hydroxyl groups is 1. The summed E-state index contributed by atoms with van der Waals surface area (Å²) < 4.78 is 11.2. The Kier molecular flexibility index (Phi) is 3.20. The maximum atomic E-state index is 9.65. The molecule has 0 aliphatic carbocycles. The van der Waals surface area contributed by atoms with Gasteiger partial charge in [0.25, 0.3) is 0 Å². The zero-order chi connectivity index (χ0) is 12.5. The zero-order valence-electron chi connectivity index (χ0n) is 9.80. The van der Waals surface area contributed by atoms with Crippen LogP contribution in [0.25, 0.3) is 0 Å². The van der Waals surface area contributed by atoms with Crippen LogP contribution in [0.2, 0.25) is 0 Å². The molecule has 1 fully saturated rings. The highest BCUT2D eigenvalue weighted by molar-refractivity contribution is 6.20. The molecule has 1 saturated heterocycles. The number of alkyl halides is 1. The Morgan fingerprint density at radius 1 is 1.44 bits per heavy atom. The number of aliphatic hydroxyl groups excluding tert-OH is 1. The first kappa shape index (κ1) is 11.9. The van der Waals surface area contributed by atoms with Gasteiger partial charge < -0.3 is 19.5 Å². The average Bonchev–Trinajstić information content (AvgIpc) is 2.38. The molecule has 6 heteroatoms. The number of nitrogens with zero attached hydrogens (tertiary/aromatic N) is 1. The van der Waals surface area contributed by atoms with Crippen LogP contribution in [-0.2, 0) is 0 Å². The van der Waals surface area contributed by atoms with Gasteiger partial charge in [-0.25, -0.2) is 0 Å². The highest BCUT2D eigenvalue weighted by Gasteiger charge is 2.26. The first-order chi connectivity index (χ1) is 8.74. The van der Waals surface area contributed by atoms with E-state index < -0.39 is 11.8 Å². The lowest BCUT2D eigenvalue weighted by Crippen LogP contribution is -2.50. The van der Waals surface area contributed by atoms with Crippen LogP contribution in [0.4, 0.5) is 5.69 Å². The number of piperazine rings is 1. The van der Waals surface area contributed by atoms with Gasteiger partial charge in [0.15, 0.2) is 11.5 Å². The minimum absolute atomic E-state index is 0.349. The molecule has 2 heterocycles. The molecule has 2 atom stereocenters. The normalized spacial score (nSPS) is 27.1. The summed E-state index contributed by atoms with van der Waals surface area (Å²) in [6.07, 6.45) is -0.522. The largest absolute Gasteiger partial charge is 0.484 e. The summed E-state index contributed by atoms with van der Waals surface area (Å²) in [5, 5.41) is 12.6. The lowest BCUT2D eigenvalue weighted by Gasteiger charge is -2.35. The summed E-state index contributed by atoms with van der Waals surface area (Å²) in [6.45, 7) is 2.41. The number of para-hydroxylation sites is 1. The van der Waals surface area contributed by atoms with Crippen molar-refractivity contribution in [3.63, 3.8) is 0 Å². The summed E-state index contributed by atoms with van der Waals surface area (Å²) in [6, 6.07) is 5.73. The fourth-order valence-corrected chi connectivity index (χ4v) is 2.40. The molecule has 0 amide bonds. The first-order valence-corrected chi connectivity index (χ1v) is 6.40. The molecule has 0 saturated carbocycles. The van der Waals surface area contributed by atoms with E-state index in [1.807, 2.05) is 18.2 Å². The molecule has 2 unspecified atom stereocenters. The number of halogens is 1. The SMILES string of the molecule is OC1CN(c2cccc3c2OC(Cl)CO3)CCN1. The lowest BCUT2D eigenvalue weighted by molar-refractivity contribution is 0.128. The van der Waals surface area contributed by atoms with E-state index in [-0.39, 0.29) is 0 Å². The maximum absolute atomic E-state index is 9.65. The van der Waals surface area contributed by atoms with Gasteiger partial charge in [0, 0.05) is 13.1 Å². The predicted octanol–water partition coefficient (Wildman–Crippen LogP) is 0.751. The number of hydrogen-bond acceptors (Lipinski definition) is 5. The van der Waals surface area contributed by atoms with E-state index in [0.717, 1.165) is 18.8 Å². The van der Waals surface area contributed by atoms with Gasteiger partial charge in [-0.3, -0.25) is 5.32 Å². The van der Waals surface area contributed by atoms with Gasteiger partial charge in [-0.05, 0) is 12.1 Å². The second kappa shape index (κ2) is 4.84. The molecule has 3 rings (SSSR count). The minimum atomic E-state index is -0.522. The number of rotatable bonds is 1. The molecular weight excluding hydrogens is 256 g/mol. The number of nitrogens with one attached hydrogen (secondary N) is 1. The van der Waals surface area contributed by atoms with E-state index in [1.54, 1.807) is 0 Å². The van der Waals surface area contributed by atoms with Crippen molar-refractivity contribution in [3.8, 4) is 11.5 Å². The molecule has 0 aromatic heterocycles. The Morgan fingerprint density at radius 2 is 2.33 bits per heavy atom. The van der Waals surface area contributed by atoms with Crippen molar-refractivity contribution in [3.05, 3.63) is 18.2 Å². The molecule has 2 N–H and O–H groups in total. The molecular formula is C12H15ClN2O3. The van der Waals surface area contributed by atoms with Crippen molar-refractivity contribution in [1.29, 1.82) is 0 Å². The molecule has 0 radical (unpaired) electrons. The average molecular weight is 271 g/mol. The van der Waals surface area contributed by atoms with Crippen molar-refractivity contribution in [2.75, 3.05) is 31.1 Å². The molecule has 1 aromatic rings. The maximum Gasteiger partial charge on any atom is 0.206 e. The smallest absolute Gasteiger partial charge is 0.206 e. The lowest BCUT2D eigenvalue weighted by atomic mass is 10.2. The van der Waals surface area contributed by atoms with Crippen LogP contribution in [0.5, 0.6) is 11.5 Å². The Bertz CT molecular complexity index is 443. The molecule has 18 heavy (non-hydrogen) atoms. The fourth-order valence-electron chi connectivity index (χ4n) is 2.25. The topological polar surface area (TPSA) is 54.0 Å². The molecule has 2 aliphatic rings. The van der Waals surface area contributed by atoms with Gasteiger partial charge in [0.05, 0.1) is 12.2 Å². The Balaban J connectivity index is 1.92. The van der Waals surface area contributed by atoms with Crippen molar-refractivity contribution in [1.82, 2.24) is 5.32 Å². The van der Waals surface area contributed by atoms with Crippen LogP contribution in [0.3, 0.4) is 0 Å². The number of hydrogen-bond donors (Lipinski definition) is 2. The highest BCUT2D eigenvalue weighted by atomic mass is 35.5. The molecule has 1 aromatic carbocycles. The Morgan fingerprint density at radius 3 is 3.17 bits per heavy atom. The minimum Gasteiger partial charge on any atom is -0.484 e. The van der Waals surface area contributed by atoms with Gasteiger partial charge in [0.1, 0.15) is 12.8 Å². The molecule has 98 valence electrons. The van der Waals surface area contributed by atoms with E-state index in [0.29, 0.717) is 24.7 Å². The number of anilines is 1. The zero-order valence-corrected chi connectivity index (χ0v) is 10.6. The van der Waals surface area contributed by atoms with Gasteiger partial charge in [-0.2, -0.15) is 0 Å². The summed E-state index contributed by atoms with van der Waals surface area (Å²) in [4.78, 5) is 2.07. The van der Waals surface area contributed by atoms with Gasteiger partial charge in [-0.15, -0.1) is 0 Å². The third-order valence-corrected chi connectivity index (χ3v) is 3.28. The Hall–Kier alpha value is -1.17.